The van der Waals surface area contributed by atoms with Crippen molar-refractivity contribution in [3.8, 4) is 5.75 Å². The van der Waals surface area contributed by atoms with Crippen LogP contribution >= 0.6 is 0 Å². The van der Waals surface area contributed by atoms with E-state index in [2.05, 4.69) is 10.6 Å². The number of hydrogen-bond donors (Lipinski definition) is 2. The number of amides is 2. The van der Waals surface area contributed by atoms with Crippen molar-refractivity contribution < 1.29 is 19.1 Å². The largest absolute Gasteiger partial charge is 0.484 e. The summed E-state index contributed by atoms with van der Waals surface area (Å²) in [7, 11) is 0. The highest BCUT2D eigenvalue weighted by Crippen LogP contribution is 2.19. The van der Waals surface area contributed by atoms with Crippen molar-refractivity contribution in [2.24, 2.45) is 0 Å². The average Bonchev–Trinajstić information content (AvgIpc) is 3.49. The van der Waals surface area contributed by atoms with Crippen LogP contribution in [0.5, 0.6) is 5.75 Å². The number of hydrogen-bond acceptors (Lipinski definition) is 5. The Kier molecular flexibility index (Phi) is 5.88. The molecule has 2 amide bonds. The topological polar surface area (TPSA) is 87.7 Å². The molecule has 1 aromatic rings. The van der Waals surface area contributed by atoms with Crippen molar-refractivity contribution in [3.63, 3.8) is 0 Å². The number of ether oxygens (including phenoxy) is 1. The molecular formula is C19H25N3O4. The quantitative estimate of drug-likeness (QED) is 0.701. The Labute approximate surface area is 153 Å². The van der Waals surface area contributed by atoms with Gasteiger partial charge in [0.25, 0.3) is 5.91 Å². The summed E-state index contributed by atoms with van der Waals surface area (Å²) < 4.78 is 5.56. The maximum absolute atomic E-state index is 12.5. The highest BCUT2D eigenvalue weighted by molar-refractivity contribution is 5.95. The van der Waals surface area contributed by atoms with Gasteiger partial charge in [-0.15, -0.1) is 0 Å². The minimum Gasteiger partial charge on any atom is -0.484 e. The second-order valence-electron chi connectivity index (χ2n) is 6.68. The molecular weight excluding hydrogens is 334 g/mol. The first kappa shape index (κ1) is 18.4. The Balaban J connectivity index is 1.55. The lowest BCUT2D eigenvalue weighted by molar-refractivity contribution is -0.143. The average molecular weight is 359 g/mol. The van der Waals surface area contributed by atoms with Crippen LogP contribution in [0.15, 0.2) is 24.3 Å². The fourth-order valence-corrected chi connectivity index (χ4v) is 2.93. The summed E-state index contributed by atoms with van der Waals surface area (Å²) in [6.45, 7) is 3.28. The molecule has 1 aromatic carbocycles. The van der Waals surface area contributed by atoms with Gasteiger partial charge in [-0.05, 0) is 37.1 Å². The number of Topliss-reactive ketones (excluding diaryl/α,β-unsaturated/α-hetero) is 1. The van der Waals surface area contributed by atoms with E-state index in [0.717, 1.165) is 12.8 Å². The predicted octanol–water partition coefficient (Wildman–Crippen LogP) is 0.737. The monoisotopic (exact) mass is 359 g/mol. The molecule has 0 radical (unpaired) electrons. The highest BCUT2D eigenvalue weighted by Gasteiger charge is 2.34. The standard InChI is InChI=1S/C19H25N3O4/c1-2-17(23)13-3-7-15(8-4-13)26-12-18(24)22-10-9-20-11-16(22)19(25)21-14-5-6-14/h3-4,7-8,14,16,20H,2,5-6,9-12H2,1H3,(H,21,25). The van der Waals surface area contributed by atoms with E-state index in [-0.39, 0.29) is 30.2 Å². The van der Waals surface area contributed by atoms with Gasteiger partial charge in [-0.1, -0.05) is 6.92 Å². The fourth-order valence-electron chi connectivity index (χ4n) is 2.93. The van der Waals surface area contributed by atoms with Gasteiger partial charge < -0.3 is 20.3 Å². The third-order valence-electron chi connectivity index (χ3n) is 4.65. The van der Waals surface area contributed by atoms with E-state index in [1.807, 2.05) is 6.92 Å². The van der Waals surface area contributed by atoms with Crippen LogP contribution in [0.3, 0.4) is 0 Å². The Morgan fingerprint density at radius 1 is 1.23 bits per heavy atom. The normalized spacial score (nSPS) is 19.7. The molecule has 1 saturated heterocycles. The van der Waals surface area contributed by atoms with Crippen molar-refractivity contribution >= 4 is 17.6 Å². The first-order valence-corrected chi connectivity index (χ1v) is 9.15. The Hall–Kier alpha value is -2.41. The molecule has 0 spiro atoms. The van der Waals surface area contributed by atoms with Gasteiger partial charge in [0.2, 0.25) is 5.91 Å². The molecule has 0 aromatic heterocycles. The Morgan fingerprint density at radius 3 is 2.62 bits per heavy atom. The first-order valence-electron chi connectivity index (χ1n) is 9.15. The van der Waals surface area contributed by atoms with Gasteiger partial charge in [0.1, 0.15) is 11.8 Å². The van der Waals surface area contributed by atoms with Crippen molar-refractivity contribution in [2.75, 3.05) is 26.2 Å². The van der Waals surface area contributed by atoms with Gasteiger partial charge >= 0.3 is 0 Å². The molecule has 3 rings (SSSR count). The molecule has 2 N–H and O–H groups in total. The second-order valence-corrected chi connectivity index (χ2v) is 6.68. The molecule has 2 aliphatic rings. The van der Waals surface area contributed by atoms with Gasteiger partial charge in [-0.3, -0.25) is 14.4 Å². The molecule has 140 valence electrons. The molecule has 1 aliphatic carbocycles. The number of piperazine rings is 1. The van der Waals surface area contributed by atoms with Gasteiger partial charge in [0, 0.05) is 37.7 Å². The molecule has 1 atom stereocenters. The van der Waals surface area contributed by atoms with Crippen molar-refractivity contribution in [2.45, 2.75) is 38.3 Å². The maximum atomic E-state index is 12.5. The van der Waals surface area contributed by atoms with E-state index in [1.165, 1.54) is 0 Å². The van der Waals surface area contributed by atoms with E-state index in [1.54, 1.807) is 29.2 Å². The molecule has 7 nitrogen and oxygen atoms in total. The van der Waals surface area contributed by atoms with Crippen molar-refractivity contribution in [1.82, 2.24) is 15.5 Å². The number of ketones is 1. The van der Waals surface area contributed by atoms with Gasteiger partial charge in [-0.25, -0.2) is 0 Å². The molecule has 26 heavy (non-hydrogen) atoms. The van der Waals surface area contributed by atoms with Crippen LogP contribution in [0.2, 0.25) is 0 Å². The minimum atomic E-state index is -0.495. The van der Waals surface area contributed by atoms with Crippen LogP contribution in [0.25, 0.3) is 0 Å². The van der Waals surface area contributed by atoms with E-state index in [9.17, 15) is 14.4 Å². The van der Waals surface area contributed by atoms with E-state index in [0.29, 0.717) is 37.4 Å². The summed E-state index contributed by atoms with van der Waals surface area (Å²) >= 11 is 0. The SMILES string of the molecule is CCC(=O)c1ccc(OCC(=O)N2CCNCC2C(=O)NC2CC2)cc1. The van der Waals surface area contributed by atoms with Gasteiger partial charge in [0.15, 0.2) is 12.4 Å². The molecule has 1 heterocycles. The van der Waals surface area contributed by atoms with Crippen LogP contribution in [0, 0.1) is 0 Å². The van der Waals surface area contributed by atoms with E-state index < -0.39 is 6.04 Å². The fraction of sp³-hybridized carbons (Fsp3) is 0.526. The second kappa shape index (κ2) is 8.31. The van der Waals surface area contributed by atoms with Crippen LogP contribution in [-0.4, -0.2) is 60.8 Å². The third-order valence-corrected chi connectivity index (χ3v) is 4.65. The molecule has 7 heteroatoms. The lowest BCUT2D eigenvalue weighted by Crippen LogP contribution is -2.60. The highest BCUT2D eigenvalue weighted by atomic mass is 16.5. The first-order chi connectivity index (χ1) is 12.6. The van der Waals surface area contributed by atoms with E-state index in [4.69, 9.17) is 4.74 Å². The number of benzene rings is 1. The molecule has 1 aliphatic heterocycles. The molecule has 0 bridgehead atoms. The zero-order chi connectivity index (χ0) is 18.5. The van der Waals surface area contributed by atoms with Crippen molar-refractivity contribution in [1.29, 1.82) is 0 Å². The van der Waals surface area contributed by atoms with Crippen LogP contribution < -0.4 is 15.4 Å². The summed E-state index contributed by atoms with van der Waals surface area (Å²) in [6.07, 6.45) is 2.48. The smallest absolute Gasteiger partial charge is 0.261 e. The van der Waals surface area contributed by atoms with Gasteiger partial charge in [-0.2, -0.15) is 0 Å². The lowest BCUT2D eigenvalue weighted by Gasteiger charge is -2.35. The summed E-state index contributed by atoms with van der Waals surface area (Å²) in [6, 6.07) is 6.54. The number of carbonyl (C=O) groups is 3. The molecule has 1 unspecified atom stereocenters. The maximum Gasteiger partial charge on any atom is 0.261 e. The Morgan fingerprint density at radius 2 is 1.96 bits per heavy atom. The lowest BCUT2D eigenvalue weighted by atomic mass is 10.1. The predicted molar refractivity (Wildman–Crippen MR) is 96.1 cm³/mol. The minimum absolute atomic E-state index is 0.0676. The summed E-state index contributed by atoms with van der Waals surface area (Å²) in [5.41, 5.74) is 0.630. The summed E-state index contributed by atoms with van der Waals surface area (Å²) in [5.74, 6) is 0.282. The number of nitrogens with one attached hydrogen (secondary N) is 2. The summed E-state index contributed by atoms with van der Waals surface area (Å²) in [5, 5.41) is 6.12. The van der Waals surface area contributed by atoms with Crippen LogP contribution in [0.1, 0.15) is 36.5 Å². The zero-order valence-corrected chi connectivity index (χ0v) is 15.0. The third kappa shape index (κ3) is 4.60. The molecule has 2 fully saturated rings. The van der Waals surface area contributed by atoms with E-state index >= 15 is 0 Å². The van der Waals surface area contributed by atoms with Gasteiger partial charge in [0.05, 0.1) is 0 Å². The van der Waals surface area contributed by atoms with Crippen LogP contribution in [0.4, 0.5) is 0 Å². The van der Waals surface area contributed by atoms with Crippen LogP contribution in [-0.2, 0) is 9.59 Å². The number of rotatable bonds is 7. The zero-order valence-electron chi connectivity index (χ0n) is 15.0. The number of nitrogens with zero attached hydrogens (tertiary/aromatic N) is 1. The summed E-state index contributed by atoms with van der Waals surface area (Å²) in [4.78, 5) is 38.1. The Bertz CT molecular complexity index is 670. The van der Waals surface area contributed by atoms with Crippen molar-refractivity contribution in [3.05, 3.63) is 29.8 Å². The number of carbonyl (C=O) groups excluding carboxylic acids is 3. The molecule has 1 saturated carbocycles.